The van der Waals surface area contributed by atoms with Crippen molar-refractivity contribution >= 4 is 5.78 Å². The molecule has 4 atom stereocenters. The van der Waals surface area contributed by atoms with E-state index in [0.29, 0.717) is 17.5 Å². The summed E-state index contributed by atoms with van der Waals surface area (Å²) >= 11 is 0. The van der Waals surface area contributed by atoms with Gasteiger partial charge in [-0.3, -0.25) is 9.78 Å². The van der Waals surface area contributed by atoms with Crippen LogP contribution in [0.4, 0.5) is 0 Å². The third-order valence-corrected chi connectivity index (χ3v) is 5.18. The van der Waals surface area contributed by atoms with Gasteiger partial charge in [-0.15, -0.1) is 0 Å². The maximum atomic E-state index is 13.0. The van der Waals surface area contributed by atoms with Gasteiger partial charge < -0.3 is 4.74 Å². The number of methoxy groups -OCH3 is 1. The van der Waals surface area contributed by atoms with Crippen LogP contribution in [0.3, 0.4) is 0 Å². The SMILES string of the molecule is COc1ccc([C@H]2[C@H](C(=O)c3ccccn3)[C@@H]3C=C[C@H]2C3)cc1. The fourth-order valence-electron chi connectivity index (χ4n) is 4.14. The lowest BCUT2D eigenvalue weighted by molar-refractivity contribution is 0.0881. The zero-order valence-corrected chi connectivity index (χ0v) is 13.1. The van der Waals surface area contributed by atoms with Crippen LogP contribution >= 0.6 is 0 Å². The van der Waals surface area contributed by atoms with Crippen LogP contribution < -0.4 is 4.74 Å². The molecule has 3 nitrogen and oxygen atoms in total. The van der Waals surface area contributed by atoms with Crippen LogP contribution in [-0.2, 0) is 0 Å². The molecular weight excluding hydrogens is 286 g/mol. The van der Waals surface area contributed by atoms with Gasteiger partial charge in [-0.05, 0) is 48.1 Å². The number of benzene rings is 1. The Morgan fingerprint density at radius 3 is 2.57 bits per heavy atom. The van der Waals surface area contributed by atoms with Crippen LogP contribution in [0.5, 0.6) is 5.75 Å². The highest BCUT2D eigenvalue weighted by Gasteiger charge is 2.48. The molecule has 1 fully saturated rings. The van der Waals surface area contributed by atoms with E-state index in [0.717, 1.165) is 12.2 Å². The summed E-state index contributed by atoms with van der Waals surface area (Å²) in [7, 11) is 1.67. The molecule has 23 heavy (non-hydrogen) atoms. The Kier molecular flexibility index (Phi) is 3.49. The molecule has 0 radical (unpaired) electrons. The van der Waals surface area contributed by atoms with Crippen molar-refractivity contribution in [1.82, 2.24) is 4.98 Å². The fourth-order valence-corrected chi connectivity index (χ4v) is 4.14. The van der Waals surface area contributed by atoms with E-state index in [-0.39, 0.29) is 17.6 Å². The molecule has 0 amide bonds. The summed E-state index contributed by atoms with van der Waals surface area (Å²) in [6, 6.07) is 13.7. The summed E-state index contributed by atoms with van der Waals surface area (Å²) in [5, 5.41) is 0. The molecule has 1 aromatic carbocycles. The fraction of sp³-hybridized carbons (Fsp3) is 0.300. The number of rotatable bonds is 4. The normalized spacial score (nSPS) is 28.0. The van der Waals surface area contributed by atoms with Gasteiger partial charge in [0.1, 0.15) is 11.4 Å². The Balaban J connectivity index is 1.69. The smallest absolute Gasteiger partial charge is 0.185 e. The second-order valence-electron chi connectivity index (χ2n) is 6.35. The van der Waals surface area contributed by atoms with Crippen molar-refractivity contribution in [3.05, 3.63) is 72.1 Å². The zero-order chi connectivity index (χ0) is 15.8. The van der Waals surface area contributed by atoms with Gasteiger partial charge in [0.15, 0.2) is 5.78 Å². The molecule has 2 aliphatic rings. The van der Waals surface area contributed by atoms with Crippen molar-refractivity contribution in [2.45, 2.75) is 12.3 Å². The summed E-state index contributed by atoms with van der Waals surface area (Å²) in [4.78, 5) is 17.3. The summed E-state index contributed by atoms with van der Waals surface area (Å²) in [5.74, 6) is 2.04. The molecule has 2 aliphatic carbocycles. The first-order valence-corrected chi connectivity index (χ1v) is 8.05. The number of Topliss-reactive ketones (excluding diaryl/α,β-unsaturated/α-hetero) is 1. The molecule has 3 heteroatoms. The van der Waals surface area contributed by atoms with Crippen LogP contribution in [0.1, 0.15) is 28.4 Å². The minimum absolute atomic E-state index is 0.00621. The Hall–Kier alpha value is -2.42. The van der Waals surface area contributed by atoms with E-state index in [4.69, 9.17) is 4.74 Å². The second kappa shape index (κ2) is 5.65. The number of hydrogen-bond acceptors (Lipinski definition) is 3. The van der Waals surface area contributed by atoms with Crippen LogP contribution in [-0.4, -0.2) is 17.9 Å². The first kappa shape index (κ1) is 14.2. The topological polar surface area (TPSA) is 39.2 Å². The van der Waals surface area contributed by atoms with E-state index in [2.05, 4.69) is 29.3 Å². The molecule has 0 N–H and O–H groups in total. The van der Waals surface area contributed by atoms with Crippen molar-refractivity contribution in [3.63, 3.8) is 0 Å². The van der Waals surface area contributed by atoms with Gasteiger partial charge >= 0.3 is 0 Å². The van der Waals surface area contributed by atoms with Crippen LogP contribution in [0.15, 0.2) is 60.8 Å². The molecule has 1 heterocycles. The van der Waals surface area contributed by atoms with E-state index < -0.39 is 0 Å². The van der Waals surface area contributed by atoms with Crippen LogP contribution in [0.2, 0.25) is 0 Å². The van der Waals surface area contributed by atoms with E-state index >= 15 is 0 Å². The predicted molar refractivity (Wildman–Crippen MR) is 88.5 cm³/mol. The molecule has 2 bridgehead atoms. The zero-order valence-electron chi connectivity index (χ0n) is 13.1. The number of pyridine rings is 1. The Bertz CT molecular complexity index is 736. The summed E-state index contributed by atoms with van der Waals surface area (Å²) in [6.45, 7) is 0. The highest BCUT2D eigenvalue weighted by atomic mass is 16.5. The number of allylic oxidation sites excluding steroid dienone is 2. The number of carbonyl (C=O) groups is 1. The Labute approximate surface area is 136 Å². The number of nitrogens with zero attached hydrogens (tertiary/aromatic N) is 1. The Morgan fingerprint density at radius 2 is 1.87 bits per heavy atom. The van der Waals surface area contributed by atoms with E-state index in [1.807, 2.05) is 30.3 Å². The minimum Gasteiger partial charge on any atom is -0.497 e. The average molecular weight is 305 g/mol. The van der Waals surface area contributed by atoms with Crippen molar-refractivity contribution < 1.29 is 9.53 Å². The summed E-state index contributed by atoms with van der Waals surface area (Å²) < 4.78 is 5.25. The standard InChI is InChI=1S/C20H19NO2/c1-23-16-9-7-13(8-10-16)18-14-5-6-15(12-14)19(18)20(22)17-4-2-3-11-21-17/h2-11,14-15,18-19H,12H2,1H3/t14-,15+,18+,19+/m0/s1. The minimum atomic E-state index is -0.00621. The van der Waals surface area contributed by atoms with E-state index in [1.54, 1.807) is 13.3 Å². The van der Waals surface area contributed by atoms with Gasteiger partial charge in [0.05, 0.1) is 7.11 Å². The van der Waals surface area contributed by atoms with Crippen molar-refractivity contribution in [2.24, 2.45) is 17.8 Å². The molecule has 2 aromatic rings. The third kappa shape index (κ3) is 2.37. The maximum absolute atomic E-state index is 13.0. The molecule has 0 aliphatic heterocycles. The van der Waals surface area contributed by atoms with Gasteiger partial charge in [-0.25, -0.2) is 0 Å². The molecule has 116 valence electrons. The first-order chi connectivity index (χ1) is 11.3. The Morgan fingerprint density at radius 1 is 1.09 bits per heavy atom. The molecule has 1 aromatic heterocycles. The quantitative estimate of drug-likeness (QED) is 0.635. The number of aromatic nitrogens is 1. The molecule has 0 spiro atoms. The lowest BCUT2D eigenvalue weighted by atomic mass is 9.75. The number of ether oxygens (including phenoxy) is 1. The summed E-state index contributed by atoms with van der Waals surface area (Å²) in [5.41, 5.74) is 1.80. The number of fused-ring (bicyclic) bond motifs is 2. The second-order valence-corrected chi connectivity index (χ2v) is 6.35. The molecule has 1 saturated carbocycles. The highest BCUT2D eigenvalue weighted by molar-refractivity contribution is 5.97. The molecule has 4 rings (SSSR count). The van der Waals surface area contributed by atoms with Crippen molar-refractivity contribution in [3.8, 4) is 5.75 Å². The molecule has 0 saturated heterocycles. The van der Waals surface area contributed by atoms with Gasteiger partial charge in [0.2, 0.25) is 0 Å². The monoisotopic (exact) mass is 305 g/mol. The number of carbonyl (C=O) groups excluding carboxylic acids is 1. The highest BCUT2D eigenvalue weighted by Crippen LogP contribution is 2.53. The van der Waals surface area contributed by atoms with Crippen LogP contribution in [0.25, 0.3) is 0 Å². The van der Waals surface area contributed by atoms with Crippen molar-refractivity contribution in [2.75, 3.05) is 7.11 Å². The van der Waals surface area contributed by atoms with Gasteiger partial charge in [-0.2, -0.15) is 0 Å². The average Bonchev–Trinajstić information content (AvgIpc) is 3.23. The lowest BCUT2D eigenvalue weighted by Crippen LogP contribution is -2.27. The van der Waals surface area contributed by atoms with Gasteiger partial charge in [0, 0.05) is 18.0 Å². The largest absolute Gasteiger partial charge is 0.497 e. The first-order valence-electron chi connectivity index (χ1n) is 8.05. The van der Waals surface area contributed by atoms with Crippen molar-refractivity contribution in [1.29, 1.82) is 0 Å². The summed E-state index contributed by atoms with van der Waals surface area (Å²) in [6.07, 6.45) is 7.26. The number of hydrogen-bond donors (Lipinski definition) is 0. The predicted octanol–water partition coefficient (Wildman–Crippen LogP) is 3.88. The van der Waals surface area contributed by atoms with E-state index in [1.165, 1.54) is 5.56 Å². The van der Waals surface area contributed by atoms with Crippen LogP contribution in [0, 0.1) is 17.8 Å². The van der Waals surface area contributed by atoms with Gasteiger partial charge in [-0.1, -0.05) is 30.4 Å². The van der Waals surface area contributed by atoms with Gasteiger partial charge in [0.25, 0.3) is 0 Å². The molecular formula is C20H19NO2. The lowest BCUT2D eigenvalue weighted by Gasteiger charge is -2.27. The maximum Gasteiger partial charge on any atom is 0.185 e. The number of ketones is 1. The molecule has 0 unspecified atom stereocenters. The third-order valence-electron chi connectivity index (χ3n) is 5.18. The van der Waals surface area contributed by atoms with E-state index in [9.17, 15) is 4.79 Å².